The van der Waals surface area contributed by atoms with Gasteiger partial charge in [-0.25, -0.2) is 0 Å². The van der Waals surface area contributed by atoms with E-state index in [1.54, 1.807) is 6.92 Å². The third-order valence-corrected chi connectivity index (χ3v) is 4.66. The van der Waals surface area contributed by atoms with E-state index in [1.165, 1.54) is 0 Å². The molecule has 1 amide bonds. The van der Waals surface area contributed by atoms with Crippen molar-refractivity contribution in [3.8, 4) is 6.07 Å². The molecular weight excluding hydrogens is 240 g/mol. The Balaban J connectivity index is 2.32. The summed E-state index contributed by atoms with van der Waals surface area (Å²) in [5, 5.41) is 9.09. The molecule has 2 unspecified atom stereocenters. The first-order chi connectivity index (χ1) is 8.87. The number of ketones is 1. The zero-order chi connectivity index (χ0) is 14.2. The summed E-state index contributed by atoms with van der Waals surface area (Å²) in [6, 6.07) is 2.03. The van der Waals surface area contributed by atoms with E-state index in [-0.39, 0.29) is 23.5 Å². The summed E-state index contributed by atoms with van der Waals surface area (Å²) in [6.45, 7) is 6.88. The fourth-order valence-corrected chi connectivity index (χ4v) is 3.43. The predicted octanol–water partition coefficient (Wildman–Crippen LogP) is 1.92. The fraction of sp³-hybridized carbons (Fsp3) is 0.667. The van der Waals surface area contributed by atoms with Gasteiger partial charge in [0.15, 0.2) is 5.78 Å². The molecule has 19 heavy (non-hydrogen) atoms. The van der Waals surface area contributed by atoms with Gasteiger partial charge < -0.3 is 4.90 Å². The van der Waals surface area contributed by atoms with Crippen LogP contribution in [0.25, 0.3) is 0 Å². The number of hydrogen-bond acceptors (Lipinski definition) is 3. The number of fused-ring (bicyclic) bond motifs is 1. The number of allylic oxidation sites excluding steroid dienone is 2. The molecule has 0 aromatic heterocycles. The fourth-order valence-electron chi connectivity index (χ4n) is 3.43. The molecule has 2 rings (SSSR count). The summed E-state index contributed by atoms with van der Waals surface area (Å²) in [5.74, 6) is 0.493. The van der Waals surface area contributed by atoms with Gasteiger partial charge >= 0.3 is 0 Å². The molecule has 0 aromatic carbocycles. The van der Waals surface area contributed by atoms with Gasteiger partial charge in [-0.2, -0.15) is 5.26 Å². The Morgan fingerprint density at radius 1 is 1.42 bits per heavy atom. The summed E-state index contributed by atoms with van der Waals surface area (Å²) >= 11 is 0. The van der Waals surface area contributed by atoms with Gasteiger partial charge in [0, 0.05) is 25.4 Å². The van der Waals surface area contributed by atoms with Crippen LogP contribution in [0.3, 0.4) is 0 Å². The minimum Gasteiger partial charge on any atom is -0.343 e. The van der Waals surface area contributed by atoms with Crippen LogP contribution >= 0.6 is 0 Å². The van der Waals surface area contributed by atoms with Crippen molar-refractivity contribution in [2.24, 2.45) is 17.3 Å². The molecule has 102 valence electrons. The molecule has 0 spiro atoms. The van der Waals surface area contributed by atoms with E-state index in [0.29, 0.717) is 12.1 Å². The highest BCUT2D eigenvalue weighted by Crippen LogP contribution is 2.45. The van der Waals surface area contributed by atoms with Gasteiger partial charge in [0.2, 0.25) is 5.91 Å². The summed E-state index contributed by atoms with van der Waals surface area (Å²) in [4.78, 5) is 25.6. The Labute approximate surface area is 114 Å². The second kappa shape index (κ2) is 4.80. The van der Waals surface area contributed by atoms with Gasteiger partial charge in [-0.15, -0.1) is 0 Å². The van der Waals surface area contributed by atoms with Gasteiger partial charge in [0.05, 0.1) is 5.57 Å². The Bertz CT molecular complexity index is 485. The number of nitrogens with zero attached hydrogens (tertiary/aromatic N) is 2. The van der Waals surface area contributed by atoms with Crippen molar-refractivity contribution < 1.29 is 9.59 Å². The van der Waals surface area contributed by atoms with Crippen molar-refractivity contribution in [3.05, 3.63) is 11.6 Å². The first-order valence-corrected chi connectivity index (χ1v) is 6.80. The van der Waals surface area contributed by atoms with Crippen LogP contribution in [-0.4, -0.2) is 29.7 Å². The topological polar surface area (TPSA) is 61.2 Å². The van der Waals surface area contributed by atoms with E-state index < -0.39 is 5.41 Å². The van der Waals surface area contributed by atoms with Gasteiger partial charge in [-0.1, -0.05) is 19.9 Å². The molecule has 0 aromatic rings. The highest BCUT2D eigenvalue weighted by molar-refractivity contribution is 6.03. The standard InChI is InChI=1S/C15H20N2O2/c1-10(18)17-6-4-11-8-12(9-16)14(19)15(2,3)13(11)5-7-17/h8,11,13H,4-7H2,1-3H3. The van der Waals surface area contributed by atoms with Crippen LogP contribution in [0.15, 0.2) is 11.6 Å². The maximum atomic E-state index is 12.3. The van der Waals surface area contributed by atoms with Crippen LogP contribution in [0.1, 0.15) is 33.6 Å². The van der Waals surface area contributed by atoms with Crippen molar-refractivity contribution in [1.82, 2.24) is 4.90 Å². The molecule has 2 atom stereocenters. The molecule has 0 N–H and O–H groups in total. The molecule has 1 fully saturated rings. The van der Waals surface area contributed by atoms with Crippen LogP contribution in [0.5, 0.6) is 0 Å². The smallest absolute Gasteiger partial charge is 0.219 e. The van der Waals surface area contributed by atoms with E-state index in [4.69, 9.17) is 5.26 Å². The molecule has 4 heteroatoms. The van der Waals surface area contributed by atoms with E-state index in [9.17, 15) is 9.59 Å². The van der Waals surface area contributed by atoms with E-state index in [2.05, 4.69) is 0 Å². The first kappa shape index (κ1) is 13.8. The van der Waals surface area contributed by atoms with Gasteiger partial charge in [-0.3, -0.25) is 9.59 Å². The Morgan fingerprint density at radius 3 is 2.63 bits per heavy atom. The number of likely N-dealkylation sites (tertiary alicyclic amines) is 1. The predicted molar refractivity (Wildman–Crippen MR) is 71.0 cm³/mol. The second-order valence-corrected chi connectivity index (χ2v) is 6.10. The number of hydrogen-bond donors (Lipinski definition) is 0. The van der Waals surface area contributed by atoms with Crippen LogP contribution in [0, 0.1) is 28.6 Å². The lowest BCUT2D eigenvalue weighted by Crippen LogP contribution is -2.41. The molecule has 0 radical (unpaired) electrons. The highest BCUT2D eigenvalue weighted by Gasteiger charge is 2.46. The number of Topliss-reactive ketones (excluding diaryl/α,β-unsaturated/α-hetero) is 1. The zero-order valence-corrected chi connectivity index (χ0v) is 11.8. The average molecular weight is 260 g/mol. The van der Waals surface area contributed by atoms with Crippen molar-refractivity contribution in [2.45, 2.75) is 33.6 Å². The minimum atomic E-state index is -0.503. The third-order valence-electron chi connectivity index (χ3n) is 4.66. The second-order valence-electron chi connectivity index (χ2n) is 6.10. The number of carbonyl (C=O) groups is 2. The Hall–Kier alpha value is -1.63. The quantitative estimate of drug-likeness (QED) is 0.668. The molecule has 4 nitrogen and oxygen atoms in total. The van der Waals surface area contributed by atoms with Crippen molar-refractivity contribution in [3.63, 3.8) is 0 Å². The van der Waals surface area contributed by atoms with Crippen LogP contribution < -0.4 is 0 Å². The number of rotatable bonds is 0. The van der Waals surface area contributed by atoms with Crippen molar-refractivity contribution in [1.29, 1.82) is 5.26 Å². The summed E-state index contributed by atoms with van der Waals surface area (Å²) in [7, 11) is 0. The van der Waals surface area contributed by atoms with Crippen LogP contribution in [0.4, 0.5) is 0 Å². The van der Waals surface area contributed by atoms with Gasteiger partial charge in [0.25, 0.3) is 0 Å². The lowest BCUT2D eigenvalue weighted by molar-refractivity contribution is -0.128. The molecule has 2 aliphatic rings. The van der Waals surface area contributed by atoms with E-state index in [0.717, 1.165) is 19.4 Å². The van der Waals surface area contributed by atoms with E-state index >= 15 is 0 Å². The first-order valence-electron chi connectivity index (χ1n) is 6.80. The lowest BCUT2D eigenvalue weighted by atomic mass is 9.62. The van der Waals surface area contributed by atoms with Crippen molar-refractivity contribution in [2.75, 3.05) is 13.1 Å². The maximum Gasteiger partial charge on any atom is 0.219 e. The maximum absolute atomic E-state index is 12.3. The van der Waals surface area contributed by atoms with Gasteiger partial charge in [0.1, 0.15) is 6.07 Å². The van der Waals surface area contributed by atoms with Crippen LogP contribution in [0.2, 0.25) is 0 Å². The molecule has 1 heterocycles. The molecule has 0 saturated carbocycles. The van der Waals surface area contributed by atoms with Crippen molar-refractivity contribution >= 4 is 11.7 Å². The summed E-state index contributed by atoms with van der Waals surface area (Å²) in [5.41, 5.74) is -0.209. The SMILES string of the molecule is CC(=O)N1CCC2C=C(C#N)C(=O)C(C)(C)C2CC1. The number of carbonyl (C=O) groups excluding carboxylic acids is 2. The zero-order valence-electron chi connectivity index (χ0n) is 11.8. The largest absolute Gasteiger partial charge is 0.343 e. The monoisotopic (exact) mass is 260 g/mol. The number of nitriles is 1. The summed E-state index contributed by atoms with van der Waals surface area (Å²) in [6.07, 6.45) is 3.51. The molecule has 1 saturated heterocycles. The molecule has 1 aliphatic carbocycles. The molecular formula is C15H20N2O2. The number of amides is 1. The molecule has 0 bridgehead atoms. The van der Waals surface area contributed by atoms with Crippen LogP contribution in [-0.2, 0) is 9.59 Å². The minimum absolute atomic E-state index is 0.0486. The summed E-state index contributed by atoms with van der Waals surface area (Å²) < 4.78 is 0. The Morgan fingerprint density at radius 2 is 2.05 bits per heavy atom. The Kier molecular flexibility index (Phi) is 3.49. The molecule has 1 aliphatic heterocycles. The van der Waals surface area contributed by atoms with E-state index in [1.807, 2.05) is 30.9 Å². The lowest BCUT2D eigenvalue weighted by Gasteiger charge is -2.39. The average Bonchev–Trinajstić information content (AvgIpc) is 2.57. The third kappa shape index (κ3) is 2.30. The highest BCUT2D eigenvalue weighted by atomic mass is 16.2. The van der Waals surface area contributed by atoms with Gasteiger partial charge in [-0.05, 0) is 24.7 Å². The normalized spacial score (nSPS) is 29.9.